The van der Waals surface area contributed by atoms with Crippen molar-refractivity contribution in [2.75, 3.05) is 0 Å². The summed E-state index contributed by atoms with van der Waals surface area (Å²) in [4.78, 5) is 10.4. The Balaban J connectivity index is 3.26. The summed E-state index contributed by atoms with van der Waals surface area (Å²) in [5, 5.41) is 17.2. The van der Waals surface area contributed by atoms with Gasteiger partial charge in [0.25, 0.3) is 0 Å². The monoisotopic (exact) mass is 238 g/mol. The lowest BCUT2D eigenvalue weighted by Crippen LogP contribution is -2.12. The summed E-state index contributed by atoms with van der Waals surface area (Å²) in [6, 6.07) is 2.14. The van der Waals surface area contributed by atoms with Gasteiger partial charge >= 0.3 is 5.97 Å². The number of carboxylic acids is 1. The molecule has 0 aliphatic carbocycles. The Bertz CT molecular complexity index is 381. The quantitative estimate of drug-likeness (QED) is 0.778. The minimum absolute atomic E-state index is 0.0618. The highest BCUT2D eigenvalue weighted by atomic mass is 35.5. The molecule has 0 saturated heterocycles. The average molecular weight is 239 g/mol. The van der Waals surface area contributed by atoms with E-state index < -0.39 is 23.5 Å². The van der Waals surface area contributed by atoms with Gasteiger partial charge in [0, 0.05) is 10.6 Å². The lowest BCUT2D eigenvalue weighted by atomic mass is 10.1. The zero-order valence-electron chi connectivity index (χ0n) is 6.67. The molecule has 0 radical (unpaired) electrons. The smallest absolute Gasteiger partial charge is 0.337 e. The Labute approximate surface area is 88.7 Å². The number of aliphatic hydroxyl groups excluding tert-OH is 1. The number of benzene rings is 1. The van der Waals surface area contributed by atoms with Gasteiger partial charge in [-0.25, -0.2) is 9.18 Å². The third-order valence-corrected chi connectivity index (χ3v) is 2.04. The Kier molecular flexibility index (Phi) is 3.31. The highest BCUT2D eigenvalue weighted by molar-refractivity contribution is 6.34. The van der Waals surface area contributed by atoms with Crippen molar-refractivity contribution >= 4 is 29.2 Å². The zero-order chi connectivity index (χ0) is 10.9. The average Bonchev–Trinajstić information content (AvgIpc) is 2.09. The Morgan fingerprint density at radius 1 is 1.43 bits per heavy atom. The van der Waals surface area contributed by atoms with Crippen molar-refractivity contribution in [3.8, 4) is 0 Å². The van der Waals surface area contributed by atoms with Crippen LogP contribution in [-0.2, 0) is 4.79 Å². The molecule has 0 unspecified atom stereocenters. The van der Waals surface area contributed by atoms with Crippen LogP contribution in [0.2, 0.25) is 10.0 Å². The molecule has 1 aromatic carbocycles. The Hall–Kier alpha value is -0.840. The van der Waals surface area contributed by atoms with E-state index in [4.69, 9.17) is 33.4 Å². The van der Waals surface area contributed by atoms with Gasteiger partial charge in [-0.3, -0.25) is 0 Å². The molecule has 0 fully saturated rings. The van der Waals surface area contributed by atoms with Gasteiger partial charge in [0.05, 0.1) is 5.02 Å². The highest BCUT2D eigenvalue weighted by Crippen LogP contribution is 2.27. The van der Waals surface area contributed by atoms with Crippen LogP contribution in [-0.4, -0.2) is 16.2 Å². The fourth-order valence-electron chi connectivity index (χ4n) is 0.908. The van der Waals surface area contributed by atoms with E-state index in [9.17, 15) is 9.18 Å². The van der Waals surface area contributed by atoms with E-state index in [1.807, 2.05) is 0 Å². The fraction of sp³-hybridized carbons (Fsp3) is 0.125. The first-order valence-electron chi connectivity index (χ1n) is 3.48. The van der Waals surface area contributed by atoms with Crippen LogP contribution in [0, 0.1) is 5.82 Å². The maximum Gasteiger partial charge on any atom is 0.337 e. The normalized spacial score (nSPS) is 12.6. The summed E-state index contributed by atoms with van der Waals surface area (Å²) in [6.45, 7) is 0. The van der Waals surface area contributed by atoms with Crippen molar-refractivity contribution < 1.29 is 19.4 Å². The number of hydrogen-bond donors (Lipinski definition) is 2. The molecular formula is C8H5Cl2FO3. The molecule has 0 spiro atoms. The minimum atomic E-state index is -1.97. The van der Waals surface area contributed by atoms with Crippen molar-refractivity contribution in [1.29, 1.82) is 0 Å². The van der Waals surface area contributed by atoms with Gasteiger partial charge in [0.2, 0.25) is 0 Å². The molecule has 1 atom stereocenters. The van der Waals surface area contributed by atoms with Gasteiger partial charge in [-0.2, -0.15) is 0 Å². The largest absolute Gasteiger partial charge is 0.479 e. The predicted octanol–water partition coefficient (Wildman–Crippen LogP) is 2.25. The summed E-state index contributed by atoms with van der Waals surface area (Å²) < 4.78 is 13.2. The van der Waals surface area contributed by atoms with Gasteiger partial charge in [-0.05, 0) is 12.1 Å². The molecule has 14 heavy (non-hydrogen) atoms. The molecule has 0 amide bonds. The lowest BCUT2D eigenvalue weighted by Gasteiger charge is -2.08. The maximum absolute atomic E-state index is 13.2. The Morgan fingerprint density at radius 2 is 2.00 bits per heavy atom. The second-order valence-corrected chi connectivity index (χ2v) is 3.38. The number of carbonyl (C=O) groups is 1. The van der Waals surface area contributed by atoms with Gasteiger partial charge in [0.1, 0.15) is 5.82 Å². The summed E-state index contributed by atoms with van der Waals surface area (Å²) in [6.07, 6.45) is -1.97. The number of halogens is 3. The number of rotatable bonds is 2. The fourth-order valence-corrected chi connectivity index (χ4v) is 1.42. The van der Waals surface area contributed by atoms with Crippen LogP contribution in [0.25, 0.3) is 0 Å². The molecule has 2 N–H and O–H groups in total. The van der Waals surface area contributed by atoms with E-state index in [-0.39, 0.29) is 10.0 Å². The van der Waals surface area contributed by atoms with Crippen LogP contribution in [0.1, 0.15) is 11.7 Å². The van der Waals surface area contributed by atoms with Gasteiger partial charge < -0.3 is 10.2 Å². The van der Waals surface area contributed by atoms with Crippen LogP contribution in [0.3, 0.4) is 0 Å². The van der Waals surface area contributed by atoms with E-state index in [1.54, 1.807) is 0 Å². The summed E-state index contributed by atoms with van der Waals surface area (Å²) in [7, 11) is 0. The van der Waals surface area contributed by atoms with E-state index in [1.165, 1.54) is 0 Å². The van der Waals surface area contributed by atoms with Crippen LogP contribution in [0.15, 0.2) is 12.1 Å². The van der Waals surface area contributed by atoms with E-state index in [2.05, 4.69) is 0 Å². The molecule has 0 heterocycles. The third kappa shape index (κ3) is 2.15. The van der Waals surface area contributed by atoms with Gasteiger partial charge in [0.15, 0.2) is 6.10 Å². The minimum Gasteiger partial charge on any atom is -0.479 e. The summed E-state index contributed by atoms with van der Waals surface area (Å²) in [5.74, 6) is -2.55. The van der Waals surface area contributed by atoms with Crippen LogP contribution in [0.4, 0.5) is 4.39 Å². The number of aliphatic carboxylic acids is 1. The summed E-state index contributed by atoms with van der Waals surface area (Å²) in [5.41, 5.74) is -0.449. The highest BCUT2D eigenvalue weighted by Gasteiger charge is 2.22. The zero-order valence-corrected chi connectivity index (χ0v) is 8.18. The second kappa shape index (κ2) is 4.13. The lowest BCUT2D eigenvalue weighted by molar-refractivity contribution is -0.147. The molecular weight excluding hydrogens is 234 g/mol. The maximum atomic E-state index is 13.2. The van der Waals surface area contributed by atoms with Crippen LogP contribution < -0.4 is 0 Å². The molecule has 3 nitrogen and oxygen atoms in total. The predicted molar refractivity (Wildman–Crippen MR) is 49.0 cm³/mol. The van der Waals surface area contributed by atoms with Gasteiger partial charge in [-0.1, -0.05) is 23.2 Å². The van der Waals surface area contributed by atoms with Crippen LogP contribution in [0.5, 0.6) is 0 Å². The second-order valence-electron chi connectivity index (χ2n) is 2.53. The molecule has 0 aliphatic heterocycles. The van der Waals surface area contributed by atoms with Crippen molar-refractivity contribution in [3.05, 3.63) is 33.6 Å². The molecule has 0 aromatic heterocycles. The van der Waals surface area contributed by atoms with E-state index in [0.29, 0.717) is 0 Å². The molecule has 0 aliphatic rings. The van der Waals surface area contributed by atoms with Crippen LogP contribution >= 0.6 is 23.2 Å². The van der Waals surface area contributed by atoms with Crippen molar-refractivity contribution in [2.24, 2.45) is 0 Å². The van der Waals surface area contributed by atoms with Crippen molar-refractivity contribution in [1.82, 2.24) is 0 Å². The number of aliphatic hydroxyl groups is 1. The first-order chi connectivity index (χ1) is 6.43. The molecule has 0 bridgehead atoms. The van der Waals surface area contributed by atoms with Crippen molar-refractivity contribution in [2.45, 2.75) is 6.10 Å². The molecule has 6 heteroatoms. The standard InChI is InChI=1S/C8H5Cl2FO3/c9-3-1-4(7(12)8(13)14)6(11)5(10)2-3/h1-2,7,12H,(H,13,14)/t7-/m1/s1. The molecule has 1 aromatic rings. The number of hydrogen-bond acceptors (Lipinski definition) is 2. The Morgan fingerprint density at radius 3 is 2.50 bits per heavy atom. The van der Waals surface area contributed by atoms with Crippen molar-refractivity contribution in [3.63, 3.8) is 0 Å². The summed E-state index contributed by atoms with van der Waals surface area (Å²) >= 11 is 10.9. The molecule has 76 valence electrons. The molecule has 1 rings (SSSR count). The molecule has 0 saturated carbocycles. The third-order valence-electron chi connectivity index (χ3n) is 1.55. The van der Waals surface area contributed by atoms with E-state index >= 15 is 0 Å². The number of carboxylic acid groups (broad SMARTS) is 1. The SMILES string of the molecule is O=C(O)[C@H](O)c1cc(Cl)cc(Cl)c1F. The topological polar surface area (TPSA) is 57.5 Å². The van der Waals surface area contributed by atoms with Gasteiger partial charge in [-0.15, -0.1) is 0 Å². The first-order valence-corrected chi connectivity index (χ1v) is 4.24. The first kappa shape index (κ1) is 11.2. The van der Waals surface area contributed by atoms with E-state index in [0.717, 1.165) is 12.1 Å².